The predicted octanol–water partition coefficient (Wildman–Crippen LogP) is 5.06. The van der Waals surface area contributed by atoms with Crippen molar-refractivity contribution in [3.05, 3.63) is 59.7 Å². The largest absolute Gasteiger partial charge is 0.497 e. The number of carbonyl (C=O) groups is 1. The molecule has 0 radical (unpaired) electrons. The van der Waals surface area contributed by atoms with E-state index in [4.69, 9.17) is 9.47 Å². The van der Waals surface area contributed by atoms with Crippen molar-refractivity contribution in [3.8, 4) is 11.5 Å². The SMILES string of the molecule is CC[C@@H](Oc1cccc(C)c1)C(=O)N[C@H](CC(C)C)c1ccc(OC)cc1. The summed E-state index contributed by atoms with van der Waals surface area (Å²) < 4.78 is 11.2. The Morgan fingerprint density at radius 1 is 1.07 bits per heavy atom. The maximum atomic E-state index is 12.9. The van der Waals surface area contributed by atoms with Crippen LogP contribution < -0.4 is 14.8 Å². The zero-order valence-corrected chi connectivity index (χ0v) is 17.0. The van der Waals surface area contributed by atoms with Crippen LogP contribution in [0.2, 0.25) is 0 Å². The second-order valence-electron chi connectivity index (χ2n) is 7.30. The first-order valence-corrected chi connectivity index (χ1v) is 9.60. The van der Waals surface area contributed by atoms with Gasteiger partial charge in [0.15, 0.2) is 6.10 Å². The fraction of sp³-hybridized carbons (Fsp3) is 0.435. The number of benzene rings is 2. The molecule has 27 heavy (non-hydrogen) atoms. The highest BCUT2D eigenvalue weighted by molar-refractivity contribution is 5.81. The van der Waals surface area contributed by atoms with Crippen LogP contribution in [0.25, 0.3) is 0 Å². The summed E-state index contributed by atoms with van der Waals surface area (Å²) in [5.41, 5.74) is 2.18. The molecule has 2 aromatic carbocycles. The van der Waals surface area contributed by atoms with Gasteiger partial charge in [0.25, 0.3) is 5.91 Å². The Morgan fingerprint density at radius 3 is 2.33 bits per heavy atom. The highest BCUT2D eigenvalue weighted by Gasteiger charge is 2.23. The summed E-state index contributed by atoms with van der Waals surface area (Å²) >= 11 is 0. The average molecular weight is 370 g/mol. The Kier molecular flexibility index (Phi) is 7.71. The molecule has 1 amide bonds. The number of amides is 1. The number of methoxy groups -OCH3 is 1. The number of hydrogen-bond acceptors (Lipinski definition) is 3. The summed E-state index contributed by atoms with van der Waals surface area (Å²) in [5.74, 6) is 1.90. The Hall–Kier alpha value is -2.49. The molecule has 0 fully saturated rings. The minimum atomic E-state index is -0.514. The lowest BCUT2D eigenvalue weighted by Gasteiger charge is -2.25. The van der Waals surface area contributed by atoms with Crippen molar-refractivity contribution in [2.75, 3.05) is 7.11 Å². The molecular weight excluding hydrogens is 338 g/mol. The maximum Gasteiger partial charge on any atom is 0.261 e. The second-order valence-corrected chi connectivity index (χ2v) is 7.30. The van der Waals surface area contributed by atoms with Crippen LogP contribution in [-0.4, -0.2) is 19.1 Å². The van der Waals surface area contributed by atoms with Crippen LogP contribution in [0, 0.1) is 12.8 Å². The average Bonchev–Trinajstić information content (AvgIpc) is 2.65. The van der Waals surface area contributed by atoms with E-state index in [1.54, 1.807) is 7.11 Å². The van der Waals surface area contributed by atoms with E-state index >= 15 is 0 Å². The van der Waals surface area contributed by atoms with Crippen LogP contribution in [0.4, 0.5) is 0 Å². The van der Waals surface area contributed by atoms with E-state index in [2.05, 4.69) is 19.2 Å². The summed E-state index contributed by atoms with van der Waals surface area (Å²) in [5, 5.41) is 3.18. The molecule has 1 N–H and O–H groups in total. The summed E-state index contributed by atoms with van der Waals surface area (Å²) in [6, 6.07) is 15.6. The monoisotopic (exact) mass is 369 g/mol. The highest BCUT2D eigenvalue weighted by Crippen LogP contribution is 2.24. The molecule has 0 spiro atoms. The van der Waals surface area contributed by atoms with Gasteiger partial charge in [0, 0.05) is 0 Å². The minimum Gasteiger partial charge on any atom is -0.497 e. The fourth-order valence-corrected chi connectivity index (χ4v) is 3.03. The van der Waals surface area contributed by atoms with E-state index in [9.17, 15) is 4.79 Å². The topological polar surface area (TPSA) is 47.6 Å². The van der Waals surface area contributed by atoms with Gasteiger partial charge in [-0.15, -0.1) is 0 Å². The number of hydrogen-bond donors (Lipinski definition) is 1. The van der Waals surface area contributed by atoms with E-state index in [0.717, 1.165) is 29.0 Å². The van der Waals surface area contributed by atoms with Crippen LogP contribution in [0.3, 0.4) is 0 Å². The van der Waals surface area contributed by atoms with Crippen molar-refractivity contribution in [3.63, 3.8) is 0 Å². The number of carbonyl (C=O) groups excluding carboxylic acids is 1. The zero-order chi connectivity index (χ0) is 19.8. The van der Waals surface area contributed by atoms with E-state index < -0.39 is 6.10 Å². The molecule has 146 valence electrons. The van der Waals surface area contributed by atoms with Crippen LogP contribution in [0.1, 0.15) is 50.8 Å². The first-order chi connectivity index (χ1) is 12.9. The van der Waals surface area contributed by atoms with Crippen LogP contribution in [-0.2, 0) is 4.79 Å². The molecule has 0 saturated heterocycles. The van der Waals surface area contributed by atoms with Crippen molar-refractivity contribution in [2.45, 2.75) is 52.7 Å². The summed E-state index contributed by atoms with van der Waals surface area (Å²) in [4.78, 5) is 12.9. The second kappa shape index (κ2) is 10.0. The quantitative estimate of drug-likeness (QED) is 0.672. The lowest BCUT2D eigenvalue weighted by molar-refractivity contribution is -0.129. The normalized spacial score (nSPS) is 13.1. The number of ether oxygens (including phenoxy) is 2. The van der Waals surface area contributed by atoms with Crippen molar-refractivity contribution in [1.82, 2.24) is 5.32 Å². The molecule has 0 bridgehead atoms. The van der Waals surface area contributed by atoms with Crippen molar-refractivity contribution < 1.29 is 14.3 Å². The van der Waals surface area contributed by atoms with Crippen molar-refractivity contribution >= 4 is 5.91 Å². The fourth-order valence-electron chi connectivity index (χ4n) is 3.03. The van der Waals surface area contributed by atoms with Gasteiger partial charge in [0.2, 0.25) is 0 Å². The van der Waals surface area contributed by atoms with Gasteiger partial charge in [0.1, 0.15) is 11.5 Å². The van der Waals surface area contributed by atoms with Gasteiger partial charge >= 0.3 is 0 Å². The number of rotatable bonds is 9. The lowest BCUT2D eigenvalue weighted by Crippen LogP contribution is -2.40. The molecule has 0 aromatic heterocycles. The maximum absolute atomic E-state index is 12.9. The number of nitrogens with one attached hydrogen (secondary N) is 1. The highest BCUT2D eigenvalue weighted by atomic mass is 16.5. The molecule has 4 heteroatoms. The Bertz CT molecular complexity index is 725. The Balaban J connectivity index is 2.12. The third kappa shape index (κ3) is 6.31. The molecule has 4 nitrogen and oxygen atoms in total. The molecule has 2 rings (SSSR count). The van der Waals surface area contributed by atoms with E-state index in [0.29, 0.717) is 12.3 Å². The minimum absolute atomic E-state index is 0.0569. The molecule has 0 heterocycles. The molecule has 2 atom stereocenters. The van der Waals surface area contributed by atoms with E-state index in [1.165, 1.54) is 0 Å². The number of aryl methyl sites for hydroxylation is 1. The Morgan fingerprint density at radius 2 is 1.78 bits per heavy atom. The summed E-state index contributed by atoms with van der Waals surface area (Å²) in [6.07, 6.45) is 0.954. The van der Waals surface area contributed by atoms with Gasteiger partial charge in [-0.25, -0.2) is 0 Å². The lowest BCUT2D eigenvalue weighted by atomic mass is 9.96. The molecule has 0 saturated carbocycles. The summed E-state index contributed by atoms with van der Waals surface area (Å²) in [7, 11) is 1.65. The molecule has 2 aromatic rings. The molecule has 0 aliphatic carbocycles. The van der Waals surface area contributed by atoms with Gasteiger partial charge in [-0.3, -0.25) is 4.79 Å². The van der Waals surface area contributed by atoms with Gasteiger partial charge in [-0.05, 0) is 61.1 Å². The van der Waals surface area contributed by atoms with E-state index in [-0.39, 0.29) is 11.9 Å². The van der Waals surface area contributed by atoms with Crippen molar-refractivity contribution in [2.24, 2.45) is 5.92 Å². The molecule has 0 aliphatic heterocycles. The van der Waals surface area contributed by atoms with Crippen molar-refractivity contribution in [1.29, 1.82) is 0 Å². The van der Waals surface area contributed by atoms with E-state index in [1.807, 2.05) is 62.4 Å². The first-order valence-electron chi connectivity index (χ1n) is 9.60. The molecule has 0 unspecified atom stereocenters. The predicted molar refractivity (Wildman–Crippen MR) is 109 cm³/mol. The van der Waals surface area contributed by atoms with Crippen LogP contribution in [0.5, 0.6) is 11.5 Å². The zero-order valence-electron chi connectivity index (χ0n) is 17.0. The standard InChI is InChI=1S/C23H31NO3/c1-6-22(27-20-9-7-8-17(4)15-20)23(25)24-21(14-16(2)3)18-10-12-19(26-5)13-11-18/h7-13,15-16,21-22H,6,14H2,1-5H3,(H,24,25)/t21-,22-/m1/s1. The van der Waals surface area contributed by atoms with Gasteiger partial charge in [-0.2, -0.15) is 0 Å². The molecule has 0 aliphatic rings. The first kappa shape index (κ1) is 20.8. The third-order valence-corrected chi connectivity index (χ3v) is 4.47. The van der Waals surface area contributed by atoms with Crippen LogP contribution >= 0.6 is 0 Å². The third-order valence-electron chi connectivity index (χ3n) is 4.47. The Labute approximate surface area is 162 Å². The van der Waals surface area contributed by atoms with Crippen LogP contribution in [0.15, 0.2) is 48.5 Å². The summed E-state index contributed by atoms with van der Waals surface area (Å²) in [6.45, 7) is 8.29. The van der Waals surface area contributed by atoms with Gasteiger partial charge in [0.05, 0.1) is 13.2 Å². The smallest absolute Gasteiger partial charge is 0.261 e. The molecular formula is C23H31NO3. The van der Waals surface area contributed by atoms with Gasteiger partial charge < -0.3 is 14.8 Å². The van der Waals surface area contributed by atoms with Gasteiger partial charge in [-0.1, -0.05) is 45.0 Å².